The number of carbonyl (C=O) groups excluding carboxylic acids is 1. The van der Waals surface area contributed by atoms with E-state index >= 15 is 0 Å². The fraction of sp³-hybridized carbons (Fsp3) is 0.353. The molecule has 0 saturated carbocycles. The third kappa shape index (κ3) is 5.02. The van der Waals surface area contributed by atoms with E-state index in [0.717, 1.165) is 11.1 Å². The molecule has 0 fully saturated rings. The predicted molar refractivity (Wildman–Crippen MR) is 98.6 cm³/mol. The second-order valence-electron chi connectivity index (χ2n) is 5.73. The molecule has 9 nitrogen and oxygen atoms in total. The lowest BCUT2D eigenvalue weighted by atomic mass is 10.2. The maximum atomic E-state index is 11.3. The molecular weight excluding hydrogens is 410 g/mol. The molecule has 0 amide bonds. The van der Waals surface area contributed by atoms with Crippen LogP contribution < -0.4 is 9.47 Å². The monoisotopic (exact) mass is 425 g/mol. The van der Waals surface area contributed by atoms with Gasteiger partial charge in [-0.2, -0.15) is 9.97 Å². The molecule has 148 valence electrons. The highest BCUT2D eigenvalue weighted by Crippen LogP contribution is 2.34. The topological polar surface area (TPSA) is 121 Å². The Hall–Kier alpha value is -2.59. The Balaban J connectivity index is 1.69. The lowest BCUT2D eigenvalue weighted by molar-refractivity contribution is -0.156. The smallest absolute Gasteiger partial charge is 0.320 e. The van der Waals surface area contributed by atoms with Crippen LogP contribution in [0, 0.1) is 6.92 Å². The summed E-state index contributed by atoms with van der Waals surface area (Å²) in [6, 6.07) is 1.87. The number of carboxylic acid groups (broad SMARTS) is 1. The zero-order chi connectivity index (χ0) is 20.1. The molecule has 0 spiro atoms. The van der Waals surface area contributed by atoms with Crippen LogP contribution in [-0.2, 0) is 26.5 Å². The normalized spacial score (nSPS) is 12.2. The molecule has 2 aromatic heterocycles. The number of carboxylic acids is 1. The molecule has 0 saturated heterocycles. The number of thioether (sulfide) groups is 1. The number of carbonyl (C=O) groups is 2. The van der Waals surface area contributed by atoms with Crippen LogP contribution in [0.4, 0.5) is 0 Å². The number of aromatic nitrogens is 3. The third-order valence-corrected chi connectivity index (χ3v) is 5.00. The number of pyridine rings is 1. The molecular formula is C17H16ClN3O6S. The van der Waals surface area contributed by atoms with Crippen molar-refractivity contribution in [2.75, 3.05) is 13.4 Å². The Labute approximate surface area is 169 Å². The molecule has 1 N–H and O–H groups in total. The van der Waals surface area contributed by atoms with Crippen LogP contribution in [0.3, 0.4) is 0 Å². The molecule has 3 heterocycles. The van der Waals surface area contributed by atoms with Crippen LogP contribution in [0.15, 0.2) is 17.4 Å². The van der Waals surface area contributed by atoms with Crippen LogP contribution in [0.25, 0.3) is 0 Å². The van der Waals surface area contributed by atoms with E-state index in [4.69, 9.17) is 30.9 Å². The molecule has 1 aliphatic heterocycles. The molecule has 28 heavy (non-hydrogen) atoms. The number of hydrogen-bond donors (Lipinski definition) is 1. The van der Waals surface area contributed by atoms with E-state index in [2.05, 4.69) is 15.0 Å². The number of ether oxygens (including phenoxy) is 3. The number of hydrogen-bond acceptors (Lipinski definition) is 9. The molecule has 0 aromatic carbocycles. The lowest BCUT2D eigenvalue weighted by Crippen LogP contribution is -2.15. The van der Waals surface area contributed by atoms with Gasteiger partial charge < -0.3 is 19.3 Å². The van der Waals surface area contributed by atoms with Gasteiger partial charge in [0.2, 0.25) is 18.6 Å². The van der Waals surface area contributed by atoms with Crippen molar-refractivity contribution in [1.82, 2.24) is 15.0 Å². The number of fused-ring (bicyclic) bond motifs is 1. The number of nitrogens with zero attached hydrogens (tertiary/aromatic N) is 3. The molecule has 3 rings (SSSR count). The fourth-order valence-corrected chi connectivity index (χ4v) is 3.67. The average molecular weight is 426 g/mol. The van der Waals surface area contributed by atoms with Gasteiger partial charge in [0.05, 0.1) is 12.2 Å². The standard InChI is InChI=1S/C17H16ClN3O6S/c1-9-2-4-19-14(18)11(9)7-28-17-20-15-10(3-5-25-15)16(21-17)27-8-26-13(24)6-12(22)23/h2,4H,3,5-8H2,1H3,(H,22,23). The highest BCUT2D eigenvalue weighted by molar-refractivity contribution is 7.98. The highest BCUT2D eigenvalue weighted by Gasteiger charge is 2.23. The first-order chi connectivity index (χ1) is 13.4. The molecule has 0 bridgehead atoms. The highest BCUT2D eigenvalue weighted by atomic mass is 35.5. The quantitative estimate of drug-likeness (QED) is 0.168. The van der Waals surface area contributed by atoms with Gasteiger partial charge in [0.15, 0.2) is 5.16 Å². The molecule has 0 unspecified atom stereocenters. The largest absolute Gasteiger partial charge is 0.481 e. The first-order valence-electron chi connectivity index (χ1n) is 8.20. The number of rotatable bonds is 8. The number of aliphatic carboxylic acids is 1. The van der Waals surface area contributed by atoms with Crippen LogP contribution in [0.1, 0.15) is 23.1 Å². The van der Waals surface area contributed by atoms with E-state index in [9.17, 15) is 9.59 Å². The van der Waals surface area contributed by atoms with Crippen LogP contribution in [0.5, 0.6) is 11.8 Å². The van der Waals surface area contributed by atoms with Gasteiger partial charge in [-0.1, -0.05) is 23.4 Å². The van der Waals surface area contributed by atoms with Crippen LogP contribution in [-0.4, -0.2) is 45.4 Å². The van der Waals surface area contributed by atoms with E-state index in [1.165, 1.54) is 11.8 Å². The Morgan fingerprint density at radius 3 is 2.96 bits per heavy atom. The second kappa shape index (κ2) is 9.07. The van der Waals surface area contributed by atoms with E-state index in [0.29, 0.717) is 40.5 Å². The van der Waals surface area contributed by atoms with Gasteiger partial charge in [0, 0.05) is 23.9 Å². The van der Waals surface area contributed by atoms with Gasteiger partial charge in [-0.05, 0) is 18.6 Å². The van der Waals surface area contributed by atoms with Gasteiger partial charge in [0.25, 0.3) is 0 Å². The summed E-state index contributed by atoms with van der Waals surface area (Å²) in [5, 5.41) is 9.39. The Kier molecular flexibility index (Phi) is 6.53. The molecule has 0 atom stereocenters. The van der Waals surface area contributed by atoms with Crippen molar-refractivity contribution >= 4 is 35.3 Å². The zero-order valence-corrected chi connectivity index (χ0v) is 16.4. The Morgan fingerprint density at radius 1 is 1.39 bits per heavy atom. The minimum atomic E-state index is -1.27. The zero-order valence-electron chi connectivity index (χ0n) is 14.8. The SMILES string of the molecule is Cc1ccnc(Cl)c1CSc1nc2c(c(OCOC(=O)CC(=O)O)n1)CCO2. The predicted octanol–water partition coefficient (Wildman–Crippen LogP) is 2.41. The van der Waals surface area contributed by atoms with Gasteiger partial charge in [-0.15, -0.1) is 0 Å². The summed E-state index contributed by atoms with van der Waals surface area (Å²) in [5.74, 6) is -1.01. The van der Waals surface area contributed by atoms with Crippen LogP contribution >= 0.6 is 23.4 Å². The average Bonchev–Trinajstić information content (AvgIpc) is 3.09. The van der Waals surface area contributed by atoms with Gasteiger partial charge in [0.1, 0.15) is 11.6 Å². The van der Waals surface area contributed by atoms with Crippen molar-refractivity contribution in [3.63, 3.8) is 0 Å². The summed E-state index contributed by atoms with van der Waals surface area (Å²) in [5.41, 5.74) is 2.56. The molecule has 0 aliphatic carbocycles. The summed E-state index contributed by atoms with van der Waals surface area (Å²) in [6.07, 6.45) is 1.47. The fourth-order valence-electron chi connectivity index (χ4n) is 2.38. The first-order valence-corrected chi connectivity index (χ1v) is 9.57. The van der Waals surface area contributed by atoms with Gasteiger partial charge in [-0.3, -0.25) is 9.59 Å². The van der Waals surface area contributed by atoms with Crippen molar-refractivity contribution < 1.29 is 28.9 Å². The van der Waals surface area contributed by atoms with Crippen molar-refractivity contribution in [2.45, 2.75) is 30.7 Å². The van der Waals surface area contributed by atoms with Crippen molar-refractivity contribution in [3.05, 3.63) is 34.1 Å². The maximum absolute atomic E-state index is 11.3. The summed E-state index contributed by atoms with van der Waals surface area (Å²) in [4.78, 5) is 34.6. The van der Waals surface area contributed by atoms with E-state index < -0.39 is 25.2 Å². The summed E-state index contributed by atoms with van der Waals surface area (Å²) in [6.45, 7) is 1.93. The molecule has 11 heteroatoms. The minimum Gasteiger partial charge on any atom is -0.481 e. The van der Waals surface area contributed by atoms with Gasteiger partial charge >= 0.3 is 11.9 Å². The van der Waals surface area contributed by atoms with Crippen molar-refractivity contribution in [3.8, 4) is 11.8 Å². The number of aryl methyl sites for hydroxylation is 1. The van der Waals surface area contributed by atoms with E-state index in [1.807, 2.05) is 13.0 Å². The molecule has 0 radical (unpaired) electrons. The Bertz CT molecular complexity index is 890. The summed E-state index contributed by atoms with van der Waals surface area (Å²) >= 11 is 7.49. The van der Waals surface area contributed by atoms with Gasteiger partial charge in [-0.25, -0.2) is 4.98 Å². The van der Waals surface area contributed by atoms with E-state index in [-0.39, 0.29) is 5.88 Å². The Morgan fingerprint density at radius 2 is 2.21 bits per heavy atom. The second-order valence-corrected chi connectivity index (χ2v) is 7.03. The maximum Gasteiger partial charge on any atom is 0.320 e. The lowest BCUT2D eigenvalue weighted by Gasteiger charge is -2.11. The third-order valence-electron chi connectivity index (χ3n) is 3.80. The minimum absolute atomic E-state index is 0.238. The van der Waals surface area contributed by atoms with Crippen LogP contribution in [0.2, 0.25) is 5.15 Å². The molecule has 2 aromatic rings. The van der Waals surface area contributed by atoms with Crippen molar-refractivity contribution in [1.29, 1.82) is 0 Å². The van der Waals surface area contributed by atoms with E-state index in [1.54, 1.807) is 6.20 Å². The summed E-state index contributed by atoms with van der Waals surface area (Å²) in [7, 11) is 0. The number of esters is 1. The summed E-state index contributed by atoms with van der Waals surface area (Å²) < 4.78 is 15.7. The molecule has 1 aliphatic rings. The first kappa shape index (κ1) is 20.2. The van der Waals surface area contributed by atoms with Crippen molar-refractivity contribution in [2.24, 2.45) is 0 Å². The number of halogens is 1.